The first-order chi connectivity index (χ1) is 9.61. The van der Waals surface area contributed by atoms with Crippen LogP contribution >= 0.6 is 0 Å². The minimum Gasteiger partial charge on any atom is -0.388 e. The van der Waals surface area contributed by atoms with Crippen molar-refractivity contribution in [2.45, 2.75) is 18.9 Å². The highest BCUT2D eigenvalue weighted by molar-refractivity contribution is 5.77. The Morgan fingerprint density at radius 1 is 1.40 bits per heavy atom. The number of piperidine rings is 1. The fourth-order valence-electron chi connectivity index (χ4n) is 2.61. The largest absolute Gasteiger partial charge is 0.388 e. The second-order valence-corrected chi connectivity index (χ2v) is 5.15. The molecule has 0 aromatic heterocycles. The Labute approximate surface area is 118 Å². The van der Waals surface area contributed by atoms with E-state index in [4.69, 9.17) is 4.74 Å². The lowest BCUT2D eigenvalue weighted by Gasteiger charge is -2.34. The molecule has 2 rings (SSSR count). The van der Waals surface area contributed by atoms with Crippen LogP contribution in [-0.4, -0.2) is 42.7 Å². The number of benzene rings is 1. The van der Waals surface area contributed by atoms with Crippen LogP contribution in [0.15, 0.2) is 24.3 Å². The Morgan fingerprint density at radius 2 is 2.00 bits per heavy atom. The molecule has 1 atom stereocenters. The van der Waals surface area contributed by atoms with Crippen molar-refractivity contribution in [2.24, 2.45) is 5.92 Å². The van der Waals surface area contributed by atoms with E-state index in [1.165, 1.54) is 19.2 Å². The zero-order valence-electron chi connectivity index (χ0n) is 11.6. The second-order valence-electron chi connectivity index (χ2n) is 5.15. The maximum Gasteiger partial charge on any atom is 0.248 e. The van der Waals surface area contributed by atoms with Crippen molar-refractivity contribution >= 4 is 5.91 Å². The SMILES string of the molecule is COCC(=O)N1CCC(C(O)c2ccc(F)cc2)CC1. The molecule has 110 valence electrons. The highest BCUT2D eigenvalue weighted by Crippen LogP contribution is 2.30. The van der Waals surface area contributed by atoms with E-state index in [9.17, 15) is 14.3 Å². The number of amides is 1. The first-order valence-electron chi connectivity index (χ1n) is 6.82. The van der Waals surface area contributed by atoms with Gasteiger partial charge in [-0.3, -0.25) is 4.79 Å². The van der Waals surface area contributed by atoms with Crippen molar-refractivity contribution in [1.82, 2.24) is 4.90 Å². The summed E-state index contributed by atoms with van der Waals surface area (Å²) < 4.78 is 17.7. The Bertz CT molecular complexity index is 441. The fraction of sp³-hybridized carbons (Fsp3) is 0.533. The molecule has 1 aliphatic rings. The number of nitrogens with zero attached hydrogens (tertiary/aromatic N) is 1. The molecule has 1 N–H and O–H groups in total. The Balaban J connectivity index is 1.90. The number of aliphatic hydroxyl groups excluding tert-OH is 1. The summed E-state index contributed by atoms with van der Waals surface area (Å²) >= 11 is 0. The third-order valence-corrected chi connectivity index (χ3v) is 3.82. The topological polar surface area (TPSA) is 49.8 Å². The Morgan fingerprint density at radius 3 is 2.55 bits per heavy atom. The molecule has 0 saturated carbocycles. The lowest BCUT2D eigenvalue weighted by Crippen LogP contribution is -2.41. The van der Waals surface area contributed by atoms with Gasteiger partial charge in [0.15, 0.2) is 0 Å². The highest BCUT2D eigenvalue weighted by atomic mass is 19.1. The van der Waals surface area contributed by atoms with Crippen molar-refractivity contribution in [3.05, 3.63) is 35.6 Å². The van der Waals surface area contributed by atoms with E-state index in [2.05, 4.69) is 0 Å². The molecular formula is C15H20FNO3. The number of hydrogen-bond acceptors (Lipinski definition) is 3. The standard InChI is InChI=1S/C15H20FNO3/c1-20-10-14(18)17-8-6-12(7-9-17)15(19)11-2-4-13(16)5-3-11/h2-5,12,15,19H,6-10H2,1H3. The predicted molar refractivity (Wildman–Crippen MR) is 72.5 cm³/mol. The summed E-state index contributed by atoms with van der Waals surface area (Å²) in [6.45, 7) is 1.36. The molecule has 1 saturated heterocycles. The van der Waals surface area contributed by atoms with E-state index in [0.29, 0.717) is 13.1 Å². The van der Waals surface area contributed by atoms with Crippen LogP contribution in [0.25, 0.3) is 0 Å². The molecule has 1 aromatic carbocycles. The van der Waals surface area contributed by atoms with Crippen molar-refractivity contribution in [3.8, 4) is 0 Å². The van der Waals surface area contributed by atoms with Crippen LogP contribution in [0.2, 0.25) is 0 Å². The van der Waals surface area contributed by atoms with E-state index in [0.717, 1.165) is 18.4 Å². The second kappa shape index (κ2) is 6.81. The quantitative estimate of drug-likeness (QED) is 0.914. The number of carbonyl (C=O) groups is 1. The van der Waals surface area contributed by atoms with Crippen LogP contribution in [0.5, 0.6) is 0 Å². The Hall–Kier alpha value is -1.46. The molecule has 1 amide bonds. The van der Waals surface area contributed by atoms with Crippen LogP contribution in [0, 0.1) is 11.7 Å². The molecule has 0 bridgehead atoms. The maximum absolute atomic E-state index is 12.9. The number of rotatable bonds is 4. The minimum absolute atomic E-state index is 0.0118. The van der Waals surface area contributed by atoms with Crippen LogP contribution in [0.4, 0.5) is 4.39 Å². The minimum atomic E-state index is -0.602. The lowest BCUT2D eigenvalue weighted by atomic mass is 9.87. The smallest absolute Gasteiger partial charge is 0.248 e. The molecule has 1 aliphatic heterocycles. The van der Waals surface area contributed by atoms with E-state index in [1.807, 2.05) is 0 Å². The molecule has 0 radical (unpaired) electrons. The average molecular weight is 281 g/mol. The third kappa shape index (κ3) is 3.55. The molecule has 5 heteroatoms. The number of hydrogen-bond donors (Lipinski definition) is 1. The summed E-state index contributed by atoms with van der Waals surface area (Å²) in [6, 6.07) is 5.94. The summed E-state index contributed by atoms with van der Waals surface area (Å²) in [5.41, 5.74) is 0.730. The summed E-state index contributed by atoms with van der Waals surface area (Å²) in [7, 11) is 1.50. The van der Waals surface area contributed by atoms with Gasteiger partial charge in [0.25, 0.3) is 0 Å². The van der Waals surface area contributed by atoms with E-state index in [1.54, 1.807) is 17.0 Å². The zero-order valence-corrected chi connectivity index (χ0v) is 11.6. The van der Waals surface area contributed by atoms with Crippen molar-refractivity contribution in [3.63, 3.8) is 0 Å². The first-order valence-corrected chi connectivity index (χ1v) is 6.82. The number of halogens is 1. The van der Waals surface area contributed by atoms with E-state index < -0.39 is 6.10 Å². The number of ether oxygens (including phenoxy) is 1. The molecule has 1 heterocycles. The zero-order chi connectivity index (χ0) is 14.5. The molecule has 20 heavy (non-hydrogen) atoms. The highest BCUT2D eigenvalue weighted by Gasteiger charge is 2.28. The lowest BCUT2D eigenvalue weighted by molar-refractivity contribution is -0.137. The van der Waals surface area contributed by atoms with Crippen molar-refractivity contribution in [1.29, 1.82) is 0 Å². The fourth-order valence-corrected chi connectivity index (χ4v) is 2.61. The molecular weight excluding hydrogens is 261 g/mol. The summed E-state index contributed by atoms with van der Waals surface area (Å²) in [5.74, 6) is -0.213. The summed E-state index contributed by atoms with van der Waals surface area (Å²) in [4.78, 5) is 13.4. The molecule has 4 nitrogen and oxygen atoms in total. The normalized spacial score (nSPS) is 18.1. The molecule has 0 spiro atoms. The van der Waals surface area contributed by atoms with Crippen molar-refractivity contribution < 1.29 is 19.0 Å². The summed E-state index contributed by atoms with van der Waals surface area (Å²) in [5, 5.41) is 10.3. The van der Waals surface area contributed by atoms with Gasteiger partial charge < -0.3 is 14.7 Å². The maximum atomic E-state index is 12.9. The monoisotopic (exact) mass is 281 g/mol. The van der Waals surface area contributed by atoms with Crippen LogP contribution < -0.4 is 0 Å². The Kier molecular flexibility index (Phi) is 5.09. The number of likely N-dealkylation sites (tertiary alicyclic amines) is 1. The van der Waals surface area contributed by atoms with E-state index >= 15 is 0 Å². The van der Waals surface area contributed by atoms with E-state index in [-0.39, 0.29) is 24.2 Å². The molecule has 0 aliphatic carbocycles. The molecule has 1 fully saturated rings. The molecule has 1 aromatic rings. The van der Waals surface area contributed by atoms with Gasteiger partial charge >= 0.3 is 0 Å². The van der Waals surface area contributed by atoms with Gasteiger partial charge in [-0.15, -0.1) is 0 Å². The number of methoxy groups -OCH3 is 1. The van der Waals surface area contributed by atoms with Crippen LogP contribution in [-0.2, 0) is 9.53 Å². The number of aliphatic hydroxyl groups is 1. The van der Waals surface area contributed by atoms with Crippen LogP contribution in [0.1, 0.15) is 24.5 Å². The van der Waals surface area contributed by atoms with Gasteiger partial charge in [-0.2, -0.15) is 0 Å². The third-order valence-electron chi connectivity index (χ3n) is 3.82. The first kappa shape index (κ1) is 14.9. The van der Waals surface area contributed by atoms with Crippen LogP contribution in [0.3, 0.4) is 0 Å². The van der Waals surface area contributed by atoms with Gasteiger partial charge in [0.2, 0.25) is 5.91 Å². The average Bonchev–Trinajstić information content (AvgIpc) is 2.48. The predicted octanol–water partition coefficient (Wildman–Crippen LogP) is 1.74. The van der Waals surface area contributed by atoms with Gasteiger partial charge in [0.1, 0.15) is 12.4 Å². The summed E-state index contributed by atoms with van der Waals surface area (Å²) in [6.07, 6.45) is 0.886. The molecule has 1 unspecified atom stereocenters. The van der Waals surface area contributed by atoms with Crippen molar-refractivity contribution in [2.75, 3.05) is 26.8 Å². The van der Waals surface area contributed by atoms with Gasteiger partial charge in [0.05, 0.1) is 6.10 Å². The van der Waals surface area contributed by atoms with Gasteiger partial charge in [-0.05, 0) is 36.5 Å². The van der Waals surface area contributed by atoms with Gasteiger partial charge in [-0.25, -0.2) is 4.39 Å². The number of carbonyl (C=O) groups excluding carboxylic acids is 1. The van der Waals surface area contributed by atoms with Gasteiger partial charge in [0, 0.05) is 20.2 Å². The van der Waals surface area contributed by atoms with Gasteiger partial charge in [-0.1, -0.05) is 12.1 Å².